The molecule has 2 saturated carbocycles. The van der Waals surface area contributed by atoms with E-state index in [0.717, 1.165) is 40.9 Å². The van der Waals surface area contributed by atoms with E-state index in [1.165, 1.54) is 109 Å². The van der Waals surface area contributed by atoms with Crippen molar-refractivity contribution >= 4 is 33.0 Å². The highest BCUT2D eigenvalue weighted by Crippen LogP contribution is 2.36. The number of carbonyl (C=O) groups is 1. The lowest BCUT2D eigenvalue weighted by atomic mass is 9.79. The van der Waals surface area contributed by atoms with Gasteiger partial charge in [-0.05, 0) is 55.0 Å². The molecule has 2 unspecified atom stereocenters. The van der Waals surface area contributed by atoms with Crippen LogP contribution in [0.15, 0.2) is 34.5 Å². The number of ether oxygens (including phenoxy) is 1. The van der Waals surface area contributed by atoms with Crippen LogP contribution in [0.5, 0.6) is 5.75 Å². The number of carboxylic acid groups (broad SMARTS) is 1. The first kappa shape index (κ1) is 30.5. The SMILES string of the molecule is COc1cc(C(=O)O)ccc1NS(=O)(=O)c1ccc(C#CC2CCCCC(C3CCCCCCCC3)CCC2)s1. The number of aromatic carboxylic acids is 1. The van der Waals surface area contributed by atoms with Gasteiger partial charge in [0.1, 0.15) is 9.96 Å². The van der Waals surface area contributed by atoms with Crippen molar-refractivity contribution in [2.45, 2.75) is 101 Å². The molecule has 2 N–H and O–H groups in total. The Bertz CT molecular complexity index is 1280. The van der Waals surface area contributed by atoms with Crippen molar-refractivity contribution in [2.75, 3.05) is 11.8 Å². The van der Waals surface area contributed by atoms with E-state index < -0.39 is 16.0 Å². The predicted molar refractivity (Wildman–Crippen MR) is 162 cm³/mol. The van der Waals surface area contributed by atoms with Crippen molar-refractivity contribution in [3.8, 4) is 17.6 Å². The maximum atomic E-state index is 13.0. The summed E-state index contributed by atoms with van der Waals surface area (Å²) < 4.78 is 33.9. The van der Waals surface area contributed by atoms with Gasteiger partial charge in [0, 0.05) is 5.92 Å². The molecule has 0 aliphatic heterocycles. The largest absolute Gasteiger partial charge is 0.495 e. The number of nitrogens with one attached hydrogen (secondary N) is 1. The van der Waals surface area contributed by atoms with E-state index in [-0.39, 0.29) is 21.2 Å². The zero-order valence-corrected chi connectivity index (χ0v) is 25.3. The first-order valence-corrected chi connectivity index (χ1v) is 17.2. The van der Waals surface area contributed by atoms with Gasteiger partial charge in [-0.2, -0.15) is 0 Å². The third kappa shape index (κ3) is 8.75. The molecule has 218 valence electrons. The molecule has 1 aromatic heterocycles. The van der Waals surface area contributed by atoms with Crippen LogP contribution in [0.25, 0.3) is 0 Å². The van der Waals surface area contributed by atoms with E-state index in [1.807, 2.05) is 0 Å². The molecule has 2 aliphatic carbocycles. The zero-order valence-electron chi connectivity index (χ0n) is 23.6. The summed E-state index contributed by atoms with van der Waals surface area (Å²) in [5.41, 5.74) is 0.205. The fourth-order valence-corrected chi connectivity index (χ4v) is 8.51. The number of hydrogen-bond acceptors (Lipinski definition) is 5. The number of anilines is 1. The van der Waals surface area contributed by atoms with Crippen LogP contribution in [0.2, 0.25) is 0 Å². The lowest BCUT2D eigenvalue weighted by Gasteiger charge is -2.27. The number of rotatable bonds is 6. The second-order valence-electron chi connectivity index (χ2n) is 11.3. The molecule has 0 spiro atoms. The number of hydrogen-bond donors (Lipinski definition) is 2. The lowest BCUT2D eigenvalue weighted by Crippen LogP contribution is -2.15. The molecule has 0 radical (unpaired) electrons. The van der Waals surface area contributed by atoms with E-state index in [1.54, 1.807) is 12.1 Å². The van der Waals surface area contributed by atoms with E-state index in [9.17, 15) is 18.3 Å². The highest BCUT2D eigenvalue weighted by Gasteiger charge is 2.23. The van der Waals surface area contributed by atoms with Gasteiger partial charge in [-0.3, -0.25) is 4.72 Å². The van der Waals surface area contributed by atoms with Crippen LogP contribution in [0.3, 0.4) is 0 Å². The van der Waals surface area contributed by atoms with Crippen LogP contribution in [0.4, 0.5) is 5.69 Å². The molecule has 6 nitrogen and oxygen atoms in total. The summed E-state index contributed by atoms with van der Waals surface area (Å²) in [7, 11) is -2.50. The maximum absolute atomic E-state index is 13.0. The van der Waals surface area contributed by atoms with Crippen LogP contribution in [0, 0.1) is 29.6 Å². The van der Waals surface area contributed by atoms with Crippen molar-refractivity contribution in [3.05, 3.63) is 40.8 Å². The fourth-order valence-electron chi connectivity index (χ4n) is 6.27. The number of sulfonamides is 1. The van der Waals surface area contributed by atoms with Crippen LogP contribution in [-0.2, 0) is 10.0 Å². The Kier molecular flexibility index (Phi) is 11.4. The average molecular weight is 586 g/mol. The molecule has 2 aliphatic rings. The van der Waals surface area contributed by atoms with Crippen molar-refractivity contribution in [3.63, 3.8) is 0 Å². The molecule has 2 fully saturated rings. The summed E-state index contributed by atoms with van der Waals surface area (Å²) in [6, 6.07) is 7.37. The van der Waals surface area contributed by atoms with Crippen molar-refractivity contribution in [1.29, 1.82) is 0 Å². The minimum atomic E-state index is -3.87. The summed E-state index contributed by atoms with van der Waals surface area (Å²) in [6.45, 7) is 0. The first-order chi connectivity index (χ1) is 19.4. The van der Waals surface area contributed by atoms with Gasteiger partial charge < -0.3 is 9.84 Å². The van der Waals surface area contributed by atoms with Gasteiger partial charge in [0.15, 0.2) is 0 Å². The summed E-state index contributed by atoms with van der Waals surface area (Å²) in [4.78, 5) is 12.0. The predicted octanol–water partition coefficient (Wildman–Crippen LogP) is 8.33. The Balaban J connectivity index is 1.36. The summed E-state index contributed by atoms with van der Waals surface area (Å²) in [6.07, 6.45) is 20.0. The normalized spacial score (nSPS) is 21.7. The Morgan fingerprint density at radius 2 is 1.48 bits per heavy atom. The van der Waals surface area contributed by atoms with Crippen molar-refractivity contribution < 1.29 is 23.1 Å². The number of benzene rings is 1. The van der Waals surface area contributed by atoms with Gasteiger partial charge >= 0.3 is 5.97 Å². The molecule has 0 saturated heterocycles. The van der Waals surface area contributed by atoms with Gasteiger partial charge in [0.25, 0.3) is 10.0 Å². The van der Waals surface area contributed by atoms with Crippen molar-refractivity contribution in [1.82, 2.24) is 0 Å². The van der Waals surface area contributed by atoms with E-state index >= 15 is 0 Å². The average Bonchev–Trinajstić information content (AvgIpc) is 3.49. The Labute approximate surface area is 244 Å². The van der Waals surface area contributed by atoms with Gasteiger partial charge in [-0.25, -0.2) is 13.2 Å². The molecule has 40 heavy (non-hydrogen) atoms. The van der Waals surface area contributed by atoms with E-state index in [2.05, 4.69) is 16.6 Å². The molecule has 2 atom stereocenters. The Morgan fingerprint density at radius 1 is 0.875 bits per heavy atom. The van der Waals surface area contributed by atoms with Crippen LogP contribution >= 0.6 is 11.3 Å². The molecule has 0 bridgehead atoms. The molecule has 8 heteroatoms. The Morgan fingerprint density at radius 3 is 2.15 bits per heavy atom. The topological polar surface area (TPSA) is 92.7 Å². The van der Waals surface area contributed by atoms with E-state index in [4.69, 9.17) is 4.74 Å². The highest BCUT2D eigenvalue weighted by atomic mass is 32.2. The lowest BCUT2D eigenvalue weighted by molar-refractivity contribution is 0.0696. The molecule has 1 heterocycles. The quantitative estimate of drug-likeness (QED) is 0.333. The molecule has 1 aromatic carbocycles. The minimum absolute atomic E-state index is 0.0178. The molecular weight excluding hydrogens is 542 g/mol. The summed E-state index contributed by atoms with van der Waals surface area (Å²) in [5, 5.41) is 9.18. The molecule has 0 amide bonds. The standard InChI is InChI=1S/C32H43NO5S2/c1-38-30-23-27(32(34)35)18-21-29(30)33-40(36,37)31-22-20-28(39-31)19-17-24-11-8-9-15-26(16-10-12-24)25-13-6-4-2-3-5-7-14-25/h18,20-26,33H,2-16H2,1H3,(H,34,35). The summed E-state index contributed by atoms with van der Waals surface area (Å²) in [5.74, 6) is 7.92. The van der Waals surface area contributed by atoms with E-state index in [0.29, 0.717) is 5.92 Å². The van der Waals surface area contributed by atoms with Crippen molar-refractivity contribution in [2.24, 2.45) is 17.8 Å². The van der Waals surface area contributed by atoms with Gasteiger partial charge in [-0.1, -0.05) is 95.3 Å². The molecule has 2 aromatic rings. The highest BCUT2D eigenvalue weighted by molar-refractivity contribution is 7.94. The number of thiophene rings is 1. The first-order valence-electron chi connectivity index (χ1n) is 14.9. The van der Waals surface area contributed by atoms with Gasteiger partial charge in [0.2, 0.25) is 0 Å². The number of carboxylic acids is 1. The van der Waals surface area contributed by atoms with Crippen LogP contribution in [0.1, 0.15) is 112 Å². The third-order valence-electron chi connectivity index (χ3n) is 8.51. The minimum Gasteiger partial charge on any atom is -0.495 e. The smallest absolute Gasteiger partial charge is 0.335 e. The maximum Gasteiger partial charge on any atom is 0.335 e. The fraction of sp³-hybridized carbons (Fsp3) is 0.594. The van der Waals surface area contributed by atoms with Crippen LogP contribution < -0.4 is 9.46 Å². The van der Waals surface area contributed by atoms with Gasteiger partial charge in [0.05, 0.1) is 23.2 Å². The number of methoxy groups -OCH3 is 1. The second kappa shape index (κ2) is 14.9. The zero-order chi connectivity index (χ0) is 28.4. The monoisotopic (exact) mass is 585 g/mol. The second-order valence-corrected chi connectivity index (χ2v) is 14.3. The summed E-state index contributed by atoms with van der Waals surface area (Å²) >= 11 is 1.15. The molecule has 4 rings (SSSR count). The third-order valence-corrected chi connectivity index (χ3v) is 11.4. The van der Waals surface area contributed by atoms with Crippen LogP contribution in [-0.4, -0.2) is 26.6 Å². The Hall–Kier alpha value is -2.50. The molecular formula is C32H43NO5S2. The van der Waals surface area contributed by atoms with Gasteiger partial charge in [-0.15, -0.1) is 11.3 Å².